The summed E-state index contributed by atoms with van der Waals surface area (Å²) in [4.78, 5) is 13.9. The normalized spacial score (nSPS) is 15.8. The maximum atomic E-state index is 12.0. The molecule has 0 atom stereocenters. The van der Waals surface area contributed by atoms with E-state index in [4.69, 9.17) is 17.3 Å². The van der Waals surface area contributed by atoms with E-state index in [1.807, 2.05) is 29.2 Å². The summed E-state index contributed by atoms with van der Waals surface area (Å²) in [6.45, 7) is 1.61. The summed E-state index contributed by atoms with van der Waals surface area (Å²) in [5, 5.41) is 0.745. The minimum absolute atomic E-state index is 0. The van der Waals surface area contributed by atoms with Crippen molar-refractivity contribution in [2.24, 2.45) is 5.73 Å². The van der Waals surface area contributed by atoms with E-state index >= 15 is 0 Å². The van der Waals surface area contributed by atoms with Crippen LogP contribution in [0.2, 0.25) is 5.02 Å². The standard InChI is InChI=1S/C14H19ClN2OS.ClH/c15-12-3-1-11(2-4-12)9-19-10-14(18)17-7-5-13(16)6-8-17;/h1-4,13H,5-10,16H2;1H. The fourth-order valence-electron chi connectivity index (χ4n) is 2.08. The van der Waals surface area contributed by atoms with Crippen molar-refractivity contribution < 1.29 is 4.79 Å². The second kappa shape index (κ2) is 8.78. The molecule has 1 amide bonds. The topological polar surface area (TPSA) is 46.3 Å². The Balaban J connectivity index is 0.00000200. The summed E-state index contributed by atoms with van der Waals surface area (Å²) in [6, 6.07) is 8.03. The van der Waals surface area contributed by atoms with E-state index in [0.717, 1.165) is 36.7 Å². The van der Waals surface area contributed by atoms with Crippen molar-refractivity contribution in [2.45, 2.75) is 24.6 Å². The third kappa shape index (κ3) is 5.52. The number of piperidine rings is 1. The molecule has 6 heteroatoms. The van der Waals surface area contributed by atoms with Crippen LogP contribution in [0.15, 0.2) is 24.3 Å². The predicted octanol–water partition coefficient (Wildman–Crippen LogP) is 2.94. The van der Waals surface area contributed by atoms with Crippen LogP contribution < -0.4 is 5.73 Å². The Morgan fingerprint density at radius 3 is 2.50 bits per heavy atom. The SMILES string of the molecule is Cl.NC1CCN(C(=O)CSCc2ccc(Cl)cc2)CC1. The first-order valence-corrected chi connectivity index (χ1v) is 8.04. The Kier molecular flexibility index (Phi) is 7.74. The lowest BCUT2D eigenvalue weighted by Gasteiger charge is -2.30. The van der Waals surface area contributed by atoms with Crippen molar-refractivity contribution in [3.05, 3.63) is 34.9 Å². The van der Waals surface area contributed by atoms with Gasteiger partial charge in [0.1, 0.15) is 0 Å². The van der Waals surface area contributed by atoms with Gasteiger partial charge in [-0.05, 0) is 30.5 Å². The van der Waals surface area contributed by atoms with Crippen molar-refractivity contribution in [1.29, 1.82) is 0 Å². The van der Waals surface area contributed by atoms with Gasteiger partial charge in [0.2, 0.25) is 5.91 Å². The van der Waals surface area contributed by atoms with Gasteiger partial charge in [-0.15, -0.1) is 24.2 Å². The number of nitrogens with zero attached hydrogens (tertiary/aromatic N) is 1. The number of nitrogens with two attached hydrogens (primary N) is 1. The Bertz CT molecular complexity index is 420. The summed E-state index contributed by atoms with van der Waals surface area (Å²) < 4.78 is 0. The Labute approximate surface area is 135 Å². The van der Waals surface area contributed by atoms with E-state index in [1.165, 1.54) is 5.56 Å². The first-order chi connectivity index (χ1) is 9.15. The molecule has 0 unspecified atom stereocenters. The number of hydrogen-bond acceptors (Lipinski definition) is 3. The fraction of sp³-hybridized carbons (Fsp3) is 0.500. The molecule has 2 rings (SSSR count). The molecular weight excluding hydrogens is 315 g/mol. The zero-order valence-electron chi connectivity index (χ0n) is 11.3. The first kappa shape index (κ1) is 17.6. The highest BCUT2D eigenvalue weighted by Gasteiger charge is 2.19. The van der Waals surface area contributed by atoms with Crippen LogP contribution in [0.1, 0.15) is 18.4 Å². The monoisotopic (exact) mass is 334 g/mol. The van der Waals surface area contributed by atoms with Crippen LogP contribution in [-0.2, 0) is 10.5 Å². The molecule has 1 heterocycles. The third-order valence-electron chi connectivity index (χ3n) is 3.30. The maximum absolute atomic E-state index is 12.0. The molecule has 0 bridgehead atoms. The van der Waals surface area contributed by atoms with Crippen LogP contribution in [0, 0.1) is 0 Å². The lowest BCUT2D eigenvalue weighted by molar-refractivity contribution is -0.129. The molecule has 1 saturated heterocycles. The van der Waals surface area contributed by atoms with Gasteiger partial charge < -0.3 is 10.6 Å². The van der Waals surface area contributed by atoms with Crippen LogP contribution >= 0.6 is 35.8 Å². The summed E-state index contributed by atoms with van der Waals surface area (Å²) in [6.07, 6.45) is 1.85. The summed E-state index contributed by atoms with van der Waals surface area (Å²) in [5.74, 6) is 1.61. The number of benzene rings is 1. The number of thioether (sulfide) groups is 1. The van der Waals surface area contributed by atoms with Crippen molar-refractivity contribution >= 4 is 41.7 Å². The van der Waals surface area contributed by atoms with Gasteiger partial charge in [-0.1, -0.05) is 23.7 Å². The maximum Gasteiger partial charge on any atom is 0.232 e. The van der Waals surface area contributed by atoms with E-state index in [1.54, 1.807) is 11.8 Å². The molecule has 0 aromatic heterocycles. The number of halogens is 2. The van der Waals surface area contributed by atoms with Crippen LogP contribution in [0.4, 0.5) is 0 Å². The molecule has 0 saturated carbocycles. The molecule has 1 aromatic carbocycles. The molecule has 1 aliphatic rings. The molecular formula is C14H20Cl2N2OS. The van der Waals surface area contributed by atoms with Gasteiger partial charge in [-0.2, -0.15) is 0 Å². The molecule has 0 aliphatic carbocycles. The summed E-state index contributed by atoms with van der Waals surface area (Å²) in [7, 11) is 0. The molecule has 20 heavy (non-hydrogen) atoms. The van der Waals surface area contributed by atoms with E-state index in [-0.39, 0.29) is 24.4 Å². The van der Waals surface area contributed by atoms with Crippen molar-refractivity contribution in [3.63, 3.8) is 0 Å². The van der Waals surface area contributed by atoms with Crippen molar-refractivity contribution in [2.75, 3.05) is 18.8 Å². The molecule has 2 N–H and O–H groups in total. The number of rotatable bonds is 4. The highest BCUT2D eigenvalue weighted by atomic mass is 35.5. The molecule has 1 aliphatic heterocycles. The minimum Gasteiger partial charge on any atom is -0.342 e. The van der Waals surface area contributed by atoms with Crippen LogP contribution in [0.25, 0.3) is 0 Å². The fourth-order valence-corrected chi connectivity index (χ4v) is 3.09. The average molecular weight is 335 g/mol. The van der Waals surface area contributed by atoms with Crippen LogP contribution in [-0.4, -0.2) is 35.7 Å². The minimum atomic E-state index is 0. The van der Waals surface area contributed by atoms with Gasteiger partial charge in [-0.3, -0.25) is 4.79 Å². The van der Waals surface area contributed by atoms with E-state index in [2.05, 4.69) is 0 Å². The molecule has 112 valence electrons. The second-order valence-electron chi connectivity index (χ2n) is 4.84. The molecule has 0 radical (unpaired) electrons. The first-order valence-electron chi connectivity index (χ1n) is 6.50. The number of carbonyl (C=O) groups is 1. The lowest BCUT2D eigenvalue weighted by Crippen LogP contribution is -2.43. The van der Waals surface area contributed by atoms with Gasteiger partial charge in [0, 0.05) is 29.9 Å². The second-order valence-corrected chi connectivity index (χ2v) is 6.26. The van der Waals surface area contributed by atoms with Crippen LogP contribution in [0.5, 0.6) is 0 Å². The Hall–Kier alpha value is -0.420. The van der Waals surface area contributed by atoms with Gasteiger partial charge in [0.15, 0.2) is 0 Å². The molecule has 0 spiro atoms. The Morgan fingerprint density at radius 2 is 1.90 bits per heavy atom. The highest BCUT2D eigenvalue weighted by Crippen LogP contribution is 2.17. The predicted molar refractivity (Wildman–Crippen MR) is 88.7 cm³/mol. The van der Waals surface area contributed by atoms with Gasteiger partial charge in [0.05, 0.1) is 5.75 Å². The van der Waals surface area contributed by atoms with Gasteiger partial charge in [-0.25, -0.2) is 0 Å². The summed E-state index contributed by atoms with van der Waals surface area (Å²) in [5.41, 5.74) is 7.03. The number of hydrogen-bond donors (Lipinski definition) is 1. The zero-order chi connectivity index (χ0) is 13.7. The average Bonchev–Trinajstić information content (AvgIpc) is 2.41. The van der Waals surface area contributed by atoms with E-state index in [0.29, 0.717) is 5.75 Å². The molecule has 3 nitrogen and oxygen atoms in total. The number of amides is 1. The molecule has 1 aromatic rings. The third-order valence-corrected chi connectivity index (χ3v) is 4.54. The smallest absolute Gasteiger partial charge is 0.232 e. The van der Waals surface area contributed by atoms with Gasteiger partial charge >= 0.3 is 0 Å². The number of likely N-dealkylation sites (tertiary alicyclic amines) is 1. The quantitative estimate of drug-likeness (QED) is 0.920. The van der Waals surface area contributed by atoms with Crippen molar-refractivity contribution in [1.82, 2.24) is 4.90 Å². The van der Waals surface area contributed by atoms with Crippen molar-refractivity contribution in [3.8, 4) is 0 Å². The van der Waals surface area contributed by atoms with Gasteiger partial charge in [0.25, 0.3) is 0 Å². The van der Waals surface area contributed by atoms with Crippen LogP contribution in [0.3, 0.4) is 0 Å². The summed E-state index contributed by atoms with van der Waals surface area (Å²) >= 11 is 7.48. The lowest BCUT2D eigenvalue weighted by atomic mass is 10.1. The van der Waals surface area contributed by atoms with E-state index < -0.39 is 0 Å². The van der Waals surface area contributed by atoms with E-state index in [9.17, 15) is 4.79 Å². The Morgan fingerprint density at radius 1 is 1.30 bits per heavy atom. The number of carbonyl (C=O) groups excluding carboxylic acids is 1. The zero-order valence-corrected chi connectivity index (χ0v) is 13.6. The highest BCUT2D eigenvalue weighted by molar-refractivity contribution is 7.99. The molecule has 1 fully saturated rings. The largest absolute Gasteiger partial charge is 0.342 e.